The molecule has 0 atom stereocenters. The van der Waals surface area contributed by atoms with Gasteiger partial charge in [0.25, 0.3) is 0 Å². The summed E-state index contributed by atoms with van der Waals surface area (Å²) in [5.41, 5.74) is 7.25. The number of benzene rings is 1. The first-order valence-corrected chi connectivity index (χ1v) is 7.97. The van der Waals surface area contributed by atoms with Gasteiger partial charge in [-0.1, -0.05) is 0 Å². The number of aryl methyl sites for hydroxylation is 4. The van der Waals surface area contributed by atoms with E-state index in [1.807, 2.05) is 24.1 Å². The first-order valence-electron chi connectivity index (χ1n) is 7.97. The molecule has 0 bridgehead atoms. The highest BCUT2D eigenvalue weighted by molar-refractivity contribution is 6.13. The molecular formula is C19H20N4. The molecule has 0 aliphatic rings. The first kappa shape index (κ1) is 14.0. The Morgan fingerprint density at radius 3 is 2.61 bits per heavy atom. The molecule has 0 amide bonds. The van der Waals surface area contributed by atoms with Gasteiger partial charge in [-0.3, -0.25) is 9.67 Å². The molecule has 4 aromatic rings. The molecule has 4 rings (SSSR count). The third-order valence-electron chi connectivity index (χ3n) is 4.52. The number of aromatic nitrogens is 4. The topological polar surface area (TPSA) is 35.6 Å². The molecule has 0 saturated carbocycles. The third-order valence-corrected chi connectivity index (χ3v) is 4.52. The van der Waals surface area contributed by atoms with Crippen molar-refractivity contribution < 1.29 is 0 Å². The maximum Gasteiger partial charge on any atom is 0.0707 e. The average molecular weight is 304 g/mol. The van der Waals surface area contributed by atoms with Crippen molar-refractivity contribution in [2.45, 2.75) is 27.3 Å². The zero-order valence-corrected chi connectivity index (χ0v) is 14.0. The molecule has 116 valence electrons. The van der Waals surface area contributed by atoms with Gasteiger partial charge in [0.15, 0.2) is 0 Å². The van der Waals surface area contributed by atoms with Crippen LogP contribution in [0.3, 0.4) is 0 Å². The number of hydrogen-bond acceptors (Lipinski definition) is 2. The van der Waals surface area contributed by atoms with Crippen molar-refractivity contribution in [1.29, 1.82) is 0 Å². The monoisotopic (exact) mass is 304 g/mol. The van der Waals surface area contributed by atoms with Crippen molar-refractivity contribution in [3.8, 4) is 11.1 Å². The largest absolute Gasteiger partial charge is 0.339 e. The Morgan fingerprint density at radius 1 is 1.09 bits per heavy atom. The molecule has 4 heteroatoms. The Balaban J connectivity index is 2.24. The second-order valence-corrected chi connectivity index (χ2v) is 6.15. The molecule has 23 heavy (non-hydrogen) atoms. The Hall–Kier alpha value is -2.62. The van der Waals surface area contributed by atoms with E-state index in [1.54, 1.807) is 0 Å². The quantitative estimate of drug-likeness (QED) is 0.555. The van der Waals surface area contributed by atoms with Gasteiger partial charge >= 0.3 is 0 Å². The van der Waals surface area contributed by atoms with Gasteiger partial charge in [0.05, 0.1) is 22.9 Å². The van der Waals surface area contributed by atoms with Gasteiger partial charge in [0.1, 0.15) is 0 Å². The number of hydrogen-bond donors (Lipinski definition) is 0. The SMILES string of the molecule is CCn1c2c(-c3cnn(C)c3)cc(C)cc2c2ccnc(C)c21. The van der Waals surface area contributed by atoms with E-state index >= 15 is 0 Å². The zero-order valence-electron chi connectivity index (χ0n) is 14.0. The highest BCUT2D eigenvalue weighted by Gasteiger charge is 2.17. The molecule has 0 fully saturated rings. The van der Waals surface area contributed by atoms with Crippen LogP contribution in [0.5, 0.6) is 0 Å². The van der Waals surface area contributed by atoms with E-state index in [-0.39, 0.29) is 0 Å². The number of pyridine rings is 1. The van der Waals surface area contributed by atoms with E-state index in [9.17, 15) is 0 Å². The lowest BCUT2D eigenvalue weighted by molar-refractivity contribution is 0.768. The Bertz CT molecular complexity index is 1040. The summed E-state index contributed by atoms with van der Waals surface area (Å²) in [6, 6.07) is 6.67. The number of fused-ring (bicyclic) bond motifs is 3. The van der Waals surface area contributed by atoms with Crippen LogP contribution < -0.4 is 0 Å². The minimum Gasteiger partial charge on any atom is -0.339 e. The van der Waals surface area contributed by atoms with Crippen molar-refractivity contribution in [1.82, 2.24) is 19.3 Å². The second-order valence-electron chi connectivity index (χ2n) is 6.15. The smallest absolute Gasteiger partial charge is 0.0707 e. The normalized spacial score (nSPS) is 11.7. The van der Waals surface area contributed by atoms with Gasteiger partial charge in [-0.2, -0.15) is 5.10 Å². The maximum atomic E-state index is 4.50. The molecule has 0 spiro atoms. The summed E-state index contributed by atoms with van der Waals surface area (Å²) < 4.78 is 4.24. The first-order chi connectivity index (χ1) is 11.1. The predicted molar refractivity (Wildman–Crippen MR) is 94.6 cm³/mol. The number of rotatable bonds is 2. The lowest BCUT2D eigenvalue weighted by atomic mass is 10.0. The molecule has 0 radical (unpaired) electrons. The van der Waals surface area contributed by atoms with Gasteiger partial charge in [0, 0.05) is 47.9 Å². The minimum atomic E-state index is 0.920. The minimum absolute atomic E-state index is 0.920. The molecular weight excluding hydrogens is 284 g/mol. The zero-order chi connectivity index (χ0) is 16.1. The van der Waals surface area contributed by atoms with Crippen molar-refractivity contribution in [2.75, 3.05) is 0 Å². The van der Waals surface area contributed by atoms with Crippen LogP contribution in [0, 0.1) is 13.8 Å². The predicted octanol–water partition coefficient (Wildman–Crippen LogP) is 4.23. The van der Waals surface area contributed by atoms with E-state index in [2.05, 4.69) is 59.8 Å². The van der Waals surface area contributed by atoms with E-state index in [0.29, 0.717) is 0 Å². The third kappa shape index (κ3) is 1.98. The Labute approximate surface area is 135 Å². The van der Waals surface area contributed by atoms with Crippen LogP contribution in [0.1, 0.15) is 18.2 Å². The van der Waals surface area contributed by atoms with Crippen molar-refractivity contribution >= 4 is 21.8 Å². The van der Waals surface area contributed by atoms with Crippen LogP contribution in [0.4, 0.5) is 0 Å². The molecule has 1 aromatic carbocycles. The van der Waals surface area contributed by atoms with Gasteiger partial charge in [-0.25, -0.2) is 0 Å². The fourth-order valence-electron chi connectivity index (χ4n) is 3.60. The average Bonchev–Trinajstić information content (AvgIpc) is 3.09. The van der Waals surface area contributed by atoms with E-state index < -0.39 is 0 Å². The van der Waals surface area contributed by atoms with Crippen molar-refractivity contribution in [2.24, 2.45) is 7.05 Å². The summed E-state index contributed by atoms with van der Waals surface area (Å²) in [6.07, 6.45) is 5.93. The fourth-order valence-corrected chi connectivity index (χ4v) is 3.60. The maximum absolute atomic E-state index is 4.50. The molecule has 0 aliphatic heterocycles. The van der Waals surface area contributed by atoms with Crippen molar-refractivity contribution in [3.63, 3.8) is 0 Å². The second kappa shape index (κ2) is 4.95. The standard InChI is InChI=1S/C19H20N4/c1-5-23-18-13(3)20-7-6-15(18)17-9-12(2)8-16(19(17)23)14-10-21-22(4)11-14/h6-11H,5H2,1-4H3. The van der Waals surface area contributed by atoms with Crippen LogP contribution in [-0.2, 0) is 13.6 Å². The molecule has 0 aliphatic carbocycles. The van der Waals surface area contributed by atoms with Crippen LogP contribution >= 0.6 is 0 Å². The molecule has 4 nitrogen and oxygen atoms in total. The Morgan fingerprint density at radius 2 is 1.91 bits per heavy atom. The summed E-state index contributed by atoms with van der Waals surface area (Å²) in [4.78, 5) is 4.50. The van der Waals surface area contributed by atoms with Crippen LogP contribution in [0.15, 0.2) is 36.8 Å². The summed E-state index contributed by atoms with van der Waals surface area (Å²) in [7, 11) is 1.96. The van der Waals surface area contributed by atoms with E-state index in [1.165, 1.54) is 32.9 Å². The fraction of sp³-hybridized carbons (Fsp3) is 0.263. The van der Waals surface area contributed by atoms with Gasteiger partial charge in [-0.15, -0.1) is 0 Å². The summed E-state index contributed by atoms with van der Waals surface area (Å²) >= 11 is 0. The molecule has 0 N–H and O–H groups in total. The van der Waals surface area contributed by atoms with E-state index in [0.717, 1.165) is 17.8 Å². The molecule has 3 aromatic heterocycles. The van der Waals surface area contributed by atoms with Crippen LogP contribution in [0.25, 0.3) is 32.9 Å². The highest BCUT2D eigenvalue weighted by atomic mass is 15.2. The summed E-state index contributed by atoms with van der Waals surface area (Å²) in [5, 5.41) is 6.93. The molecule has 0 saturated heterocycles. The number of nitrogens with zero attached hydrogens (tertiary/aromatic N) is 4. The van der Waals surface area contributed by atoms with Gasteiger partial charge < -0.3 is 4.57 Å². The Kier molecular flexibility index (Phi) is 3.01. The summed E-state index contributed by atoms with van der Waals surface area (Å²) in [6.45, 7) is 7.35. The lowest BCUT2D eigenvalue weighted by Gasteiger charge is -2.09. The van der Waals surface area contributed by atoms with Gasteiger partial charge in [0.2, 0.25) is 0 Å². The van der Waals surface area contributed by atoms with E-state index in [4.69, 9.17) is 0 Å². The highest BCUT2D eigenvalue weighted by Crippen LogP contribution is 2.37. The van der Waals surface area contributed by atoms with Crippen molar-refractivity contribution in [3.05, 3.63) is 48.0 Å². The summed E-state index contributed by atoms with van der Waals surface area (Å²) in [5.74, 6) is 0. The molecule has 3 heterocycles. The van der Waals surface area contributed by atoms with Crippen LogP contribution in [-0.4, -0.2) is 19.3 Å². The molecule has 0 unspecified atom stereocenters. The van der Waals surface area contributed by atoms with Gasteiger partial charge in [-0.05, 0) is 44.5 Å². The lowest BCUT2D eigenvalue weighted by Crippen LogP contribution is -1.97. The van der Waals surface area contributed by atoms with Crippen LogP contribution in [0.2, 0.25) is 0 Å².